The number of fused-ring (bicyclic) bond motifs is 2. The Hall–Kier alpha value is -3.00. The number of carbonyl (C=O) groups is 1. The molecule has 0 radical (unpaired) electrons. The van der Waals surface area contributed by atoms with Gasteiger partial charge in [0.05, 0.1) is 23.3 Å². The van der Waals surface area contributed by atoms with Crippen molar-refractivity contribution in [3.8, 4) is 0 Å². The Morgan fingerprint density at radius 1 is 1.30 bits per heavy atom. The number of aromatic amines is 1. The summed E-state index contributed by atoms with van der Waals surface area (Å²) in [5.41, 5.74) is 2.96. The van der Waals surface area contributed by atoms with E-state index < -0.39 is 0 Å². The predicted molar refractivity (Wildman–Crippen MR) is 99.0 cm³/mol. The maximum atomic E-state index is 12.7. The molecule has 8 heteroatoms. The third-order valence-corrected chi connectivity index (χ3v) is 4.97. The number of nitrogens with one attached hydrogen (secondary N) is 1. The zero-order chi connectivity index (χ0) is 19.0. The number of carbonyl (C=O) groups excluding carboxylic acids is 1. The number of aliphatic hydroxyl groups is 1. The fraction of sp³-hybridized carbons (Fsp3) is 0.368. The Bertz CT molecular complexity index is 1070. The fourth-order valence-corrected chi connectivity index (χ4v) is 3.64. The third-order valence-electron chi connectivity index (χ3n) is 4.97. The largest absolute Gasteiger partial charge is 0.388 e. The van der Waals surface area contributed by atoms with E-state index in [9.17, 15) is 14.7 Å². The number of nitrogens with zero attached hydrogens (tertiary/aromatic N) is 4. The summed E-state index contributed by atoms with van der Waals surface area (Å²) in [7, 11) is 0. The lowest BCUT2D eigenvalue weighted by Gasteiger charge is -2.28. The molecule has 2 N–H and O–H groups in total. The molecule has 0 saturated carbocycles. The third kappa shape index (κ3) is 3.23. The van der Waals surface area contributed by atoms with Crippen LogP contribution in [0.15, 0.2) is 29.1 Å². The molecule has 1 aromatic carbocycles. The molecule has 0 unspecified atom stereocenters. The van der Waals surface area contributed by atoms with Crippen molar-refractivity contribution >= 4 is 16.9 Å². The van der Waals surface area contributed by atoms with Crippen molar-refractivity contribution in [3.63, 3.8) is 0 Å². The number of aryl methyl sites for hydroxylation is 2. The van der Waals surface area contributed by atoms with Gasteiger partial charge in [0.25, 0.3) is 5.56 Å². The maximum absolute atomic E-state index is 12.7. The zero-order valence-corrected chi connectivity index (χ0v) is 15.1. The van der Waals surface area contributed by atoms with Crippen molar-refractivity contribution in [1.29, 1.82) is 0 Å². The monoisotopic (exact) mass is 367 g/mol. The molecule has 0 atom stereocenters. The Labute approximate surface area is 155 Å². The highest BCUT2D eigenvalue weighted by molar-refractivity contribution is 5.78. The van der Waals surface area contributed by atoms with E-state index in [0.29, 0.717) is 55.4 Å². The number of hydrogen-bond donors (Lipinski definition) is 2. The summed E-state index contributed by atoms with van der Waals surface area (Å²) >= 11 is 0. The van der Waals surface area contributed by atoms with Crippen LogP contribution in [0.5, 0.6) is 0 Å². The summed E-state index contributed by atoms with van der Waals surface area (Å²) in [6.07, 6.45) is 0.810. The molecule has 140 valence electrons. The van der Waals surface area contributed by atoms with Crippen LogP contribution >= 0.6 is 0 Å². The molecule has 2 aromatic heterocycles. The first-order chi connectivity index (χ1) is 13.1. The van der Waals surface area contributed by atoms with Gasteiger partial charge in [0.1, 0.15) is 18.3 Å². The van der Waals surface area contributed by atoms with E-state index >= 15 is 0 Å². The normalized spacial score (nSPS) is 13.8. The Morgan fingerprint density at radius 3 is 2.93 bits per heavy atom. The average Bonchev–Trinajstić information content (AvgIpc) is 3.03. The van der Waals surface area contributed by atoms with Gasteiger partial charge in [0.15, 0.2) is 0 Å². The SMILES string of the molecule is Cc1nc2c(c(=O)[nH]1)CCN(C(=O)CCn1c(CO)nc3ccccc31)C2. The van der Waals surface area contributed by atoms with Crippen LogP contribution in [0.2, 0.25) is 0 Å². The molecular weight excluding hydrogens is 346 g/mol. The van der Waals surface area contributed by atoms with Gasteiger partial charge in [-0.2, -0.15) is 0 Å². The lowest BCUT2D eigenvalue weighted by Crippen LogP contribution is -2.39. The molecule has 27 heavy (non-hydrogen) atoms. The van der Waals surface area contributed by atoms with E-state index in [4.69, 9.17) is 0 Å². The van der Waals surface area contributed by atoms with Crippen LogP contribution < -0.4 is 5.56 Å². The van der Waals surface area contributed by atoms with Crippen molar-refractivity contribution in [2.45, 2.75) is 39.5 Å². The average molecular weight is 367 g/mol. The van der Waals surface area contributed by atoms with E-state index in [1.54, 1.807) is 11.8 Å². The highest BCUT2D eigenvalue weighted by atomic mass is 16.3. The van der Waals surface area contributed by atoms with Crippen LogP contribution in [-0.4, -0.2) is 42.0 Å². The standard InChI is InChI=1S/C19H21N5O3/c1-12-20-15-10-23(8-6-13(15)19(27)21-12)18(26)7-9-24-16-5-3-2-4-14(16)22-17(24)11-25/h2-5,25H,6-11H2,1H3,(H,20,21,27). The first-order valence-electron chi connectivity index (χ1n) is 8.98. The minimum Gasteiger partial charge on any atom is -0.388 e. The van der Waals surface area contributed by atoms with Gasteiger partial charge in [0.2, 0.25) is 5.91 Å². The Balaban J connectivity index is 1.50. The number of benzene rings is 1. The summed E-state index contributed by atoms with van der Waals surface area (Å²) in [6, 6.07) is 7.63. The van der Waals surface area contributed by atoms with Crippen molar-refractivity contribution in [1.82, 2.24) is 24.4 Å². The minimum absolute atomic E-state index is 0.00190. The number of hydrogen-bond acceptors (Lipinski definition) is 5. The van der Waals surface area contributed by atoms with E-state index in [1.165, 1.54) is 0 Å². The van der Waals surface area contributed by atoms with E-state index in [-0.39, 0.29) is 18.1 Å². The molecule has 1 aliphatic rings. The van der Waals surface area contributed by atoms with Crippen LogP contribution in [0.4, 0.5) is 0 Å². The smallest absolute Gasteiger partial charge is 0.254 e. The topological polar surface area (TPSA) is 104 Å². The molecule has 0 fully saturated rings. The summed E-state index contributed by atoms with van der Waals surface area (Å²) in [4.78, 5) is 38.0. The Kier molecular flexibility index (Phi) is 4.49. The molecule has 3 heterocycles. The van der Waals surface area contributed by atoms with Crippen molar-refractivity contribution < 1.29 is 9.90 Å². The van der Waals surface area contributed by atoms with E-state index in [0.717, 1.165) is 11.0 Å². The van der Waals surface area contributed by atoms with Gasteiger partial charge in [-0.3, -0.25) is 9.59 Å². The van der Waals surface area contributed by atoms with Crippen molar-refractivity contribution in [2.75, 3.05) is 6.54 Å². The van der Waals surface area contributed by atoms with Crippen LogP contribution in [0.3, 0.4) is 0 Å². The number of amides is 1. The van der Waals surface area contributed by atoms with Gasteiger partial charge >= 0.3 is 0 Å². The van der Waals surface area contributed by atoms with Gasteiger partial charge in [-0.25, -0.2) is 9.97 Å². The van der Waals surface area contributed by atoms with Crippen molar-refractivity contribution in [3.05, 3.63) is 57.5 Å². The second-order valence-corrected chi connectivity index (χ2v) is 6.72. The number of imidazole rings is 1. The number of H-pyrrole nitrogens is 1. The summed E-state index contributed by atoms with van der Waals surface area (Å²) in [6.45, 7) is 2.88. The predicted octanol–water partition coefficient (Wildman–Crippen LogP) is 0.895. The molecule has 4 rings (SSSR count). The fourth-order valence-electron chi connectivity index (χ4n) is 3.64. The molecule has 0 bridgehead atoms. The second kappa shape index (κ2) is 6.96. The van der Waals surface area contributed by atoms with Gasteiger partial charge in [0, 0.05) is 25.1 Å². The van der Waals surface area contributed by atoms with Crippen LogP contribution in [-0.2, 0) is 30.9 Å². The van der Waals surface area contributed by atoms with Crippen LogP contribution in [0.1, 0.15) is 29.3 Å². The molecule has 0 spiro atoms. The summed E-state index contributed by atoms with van der Waals surface area (Å²) in [5.74, 6) is 1.12. The quantitative estimate of drug-likeness (QED) is 0.713. The lowest BCUT2D eigenvalue weighted by atomic mass is 10.1. The molecule has 3 aromatic rings. The number of para-hydroxylation sites is 2. The summed E-state index contributed by atoms with van der Waals surface area (Å²) in [5, 5.41) is 9.58. The number of aromatic nitrogens is 4. The number of aliphatic hydroxyl groups excluding tert-OH is 1. The van der Waals surface area contributed by atoms with Crippen LogP contribution in [0, 0.1) is 6.92 Å². The molecule has 0 aliphatic carbocycles. The minimum atomic E-state index is -0.175. The van der Waals surface area contributed by atoms with Gasteiger partial charge in [-0.15, -0.1) is 0 Å². The molecular formula is C19H21N5O3. The first-order valence-corrected chi connectivity index (χ1v) is 8.98. The van der Waals surface area contributed by atoms with E-state index in [2.05, 4.69) is 15.0 Å². The second-order valence-electron chi connectivity index (χ2n) is 6.72. The number of rotatable bonds is 4. The zero-order valence-electron chi connectivity index (χ0n) is 15.1. The summed E-state index contributed by atoms with van der Waals surface area (Å²) < 4.78 is 1.89. The molecule has 8 nitrogen and oxygen atoms in total. The van der Waals surface area contributed by atoms with E-state index in [1.807, 2.05) is 28.8 Å². The lowest BCUT2D eigenvalue weighted by molar-refractivity contribution is -0.132. The highest BCUT2D eigenvalue weighted by Gasteiger charge is 2.24. The van der Waals surface area contributed by atoms with Gasteiger partial charge in [-0.05, 0) is 25.5 Å². The van der Waals surface area contributed by atoms with Gasteiger partial charge < -0.3 is 19.6 Å². The molecule has 0 saturated heterocycles. The molecule has 1 amide bonds. The maximum Gasteiger partial charge on any atom is 0.254 e. The molecule has 1 aliphatic heterocycles. The first kappa shape index (κ1) is 17.4. The van der Waals surface area contributed by atoms with Crippen LogP contribution in [0.25, 0.3) is 11.0 Å². The highest BCUT2D eigenvalue weighted by Crippen LogP contribution is 2.18. The van der Waals surface area contributed by atoms with Gasteiger partial charge in [-0.1, -0.05) is 12.1 Å². The Morgan fingerprint density at radius 2 is 2.11 bits per heavy atom. The van der Waals surface area contributed by atoms with Crippen molar-refractivity contribution in [2.24, 2.45) is 0 Å².